The predicted molar refractivity (Wildman–Crippen MR) is 86.8 cm³/mol. The summed E-state index contributed by atoms with van der Waals surface area (Å²) in [6.45, 7) is 4.72. The van der Waals surface area contributed by atoms with Crippen LogP contribution in [0.5, 0.6) is 5.75 Å². The van der Waals surface area contributed by atoms with Crippen molar-refractivity contribution < 1.29 is 9.53 Å². The number of alkyl halides is 1. The molecule has 20 heavy (non-hydrogen) atoms. The lowest BCUT2D eigenvalue weighted by Gasteiger charge is -2.30. The minimum atomic E-state index is -0.0244. The molecule has 0 aliphatic carbocycles. The van der Waals surface area contributed by atoms with Crippen LogP contribution in [-0.4, -0.2) is 36.4 Å². The topological polar surface area (TPSA) is 29.5 Å². The molecule has 0 aromatic heterocycles. The highest BCUT2D eigenvalue weighted by Crippen LogP contribution is 2.26. The maximum absolute atomic E-state index is 12.8. The van der Waals surface area contributed by atoms with E-state index in [9.17, 15) is 4.79 Å². The Kier molecular flexibility index (Phi) is 7.38. The lowest BCUT2D eigenvalue weighted by atomic mass is 10.1. The number of rotatable bonds is 7. The van der Waals surface area contributed by atoms with Crippen LogP contribution in [-0.2, 0) is 0 Å². The summed E-state index contributed by atoms with van der Waals surface area (Å²) in [5, 5.41) is 0. The number of hydrogen-bond donors (Lipinski definition) is 0. The Morgan fingerprint density at radius 3 is 2.55 bits per heavy atom. The van der Waals surface area contributed by atoms with Gasteiger partial charge in [0.15, 0.2) is 0 Å². The fourth-order valence-electron chi connectivity index (χ4n) is 2.27. The Hall–Kier alpha value is -0.740. The van der Waals surface area contributed by atoms with E-state index in [4.69, 9.17) is 16.3 Å². The number of carbonyl (C=O) groups is 1. The maximum atomic E-state index is 12.8. The van der Waals surface area contributed by atoms with Crippen LogP contribution in [0.2, 0.25) is 0 Å². The van der Waals surface area contributed by atoms with Gasteiger partial charge >= 0.3 is 0 Å². The van der Waals surface area contributed by atoms with Gasteiger partial charge in [0.1, 0.15) is 5.75 Å². The van der Waals surface area contributed by atoms with Crippen LogP contribution in [0.1, 0.15) is 37.0 Å². The van der Waals surface area contributed by atoms with E-state index in [2.05, 4.69) is 29.8 Å². The van der Waals surface area contributed by atoms with Crippen LogP contribution in [0.25, 0.3) is 0 Å². The smallest absolute Gasteiger partial charge is 0.257 e. The normalized spacial score (nSPS) is 10.7. The Balaban J connectivity index is 3.11. The van der Waals surface area contributed by atoms with Crippen molar-refractivity contribution in [3.05, 3.63) is 28.2 Å². The molecule has 1 rings (SSSR count). The van der Waals surface area contributed by atoms with Gasteiger partial charge in [-0.3, -0.25) is 4.79 Å². The highest BCUT2D eigenvalue weighted by Gasteiger charge is 2.24. The summed E-state index contributed by atoms with van der Waals surface area (Å²) in [4.78, 5) is 14.6. The number of nitrogens with zero attached hydrogens (tertiary/aromatic N) is 1. The first-order valence-corrected chi connectivity index (χ1v) is 8.12. The van der Waals surface area contributed by atoms with Gasteiger partial charge in [0, 0.05) is 22.9 Å². The Bertz CT molecular complexity index is 449. The van der Waals surface area contributed by atoms with Crippen LogP contribution < -0.4 is 4.74 Å². The molecule has 0 unspecified atom stereocenters. The molecular formula is C15H21BrClNO2. The molecule has 1 amide bonds. The van der Waals surface area contributed by atoms with E-state index >= 15 is 0 Å². The Morgan fingerprint density at radius 1 is 1.40 bits per heavy atom. The molecule has 1 aromatic rings. The van der Waals surface area contributed by atoms with Crippen LogP contribution in [0.15, 0.2) is 22.7 Å². The van der Waals surface area contributed by atoms with E-state index < -0.39 is 0 Å². The molecule has 3 nitrogen and oxygen atoms in total. The standard InChI is InChI=1S/C15H21BrClNO2/c1-4-12(5-2)18(9-8-17)15(19)13-7-6-11(16)10-14(13)20-3/h6-7,10,12H,4-5,8-9H2,1-3H3. The molecule has 5 heteroatoms. The second-order valence-corrected chi connectivity index (χ2v) is 5.80. The SMILES string of the molecule is CCC(CC)N(CCCl)C(=O)c1ccc(Br)cc1OC. The van der Waals surface area contributed by atoms with E-state index in [-0.39, 0.29) is 11.9 Å². The monoisotopic (exact) mass is 361 g/mol. The summed E-state index contributed by atoms with van der Waals surface area (Å²) < 4.78 is 6.20. The van der Waals surface area contributed by atoms with Gasteiger partial charge in [0.2, 0.25) is 0 Å². The van der Waals surface area contributed by atoms with E-state index in [1.807, 2.05) is 11.0 Å². The summed E-state index contributed by atoms with van der Waals surface area (Å²) in [6.07, 6.45) is 1.83. The van der Waals surface area contributed by atoms with Crippen molar-refractivity contribution in [2.45, 2.75) is 32.7 Å². The van der Waals surface area contributed by atoms with Gasteiger partial charge in [-0.25, -0.2) is 0 Å². The zero-order valence-electron chi connectivity index (χ0n) is 12.2. The van der Waals surface area contributed by atoms with E-state index in [0.717, 1.165) is 17.3 Å². The third-order valence-corrected chi connectivity index (χ3v) is 4.03. The third-order valence-electron chi connectivity index (χ3n) is 3.36. The summed E-state index contributed by atoms with van der Waals surface area (Å²) in [7, 11) is 1.57. The van der Waals surface area contributed by atoms with Crippen LogP contribution in [0.3, 0.4) is 0 Å². The maximum Gasteiger partial charge on any atom is 0.257 e. The van der Waals surface area contributed by atoms with Gasteiger partial charge in [0.25, 0.3) is 5.91 Å². The largest absolute Gasteiger partial charge is 0.496 e. The quantitative estimate of drug-likeness (QED) is 0.676. The fraction of sp³-hybridized carbons (Fsp3) is 0.533. The summed E-state index contributed by atoms with van der Waals surface area (Å²) in [6, 6.07) is 5.64. The number of carbonyl (C=O) groups excluding carboxylic acids is 1. The molecule has 0 radical (unpaired) electrons. The average molecular weight is 363 g/mol. The molecule has 0 spiro atoms. The number of amides is 1. The number of hydrogen-bond acceptors (Lipinski definition) is 2. The number of halogens is 2. The van der Waals surface area contributed by atoms with Crippen LogP contribution in [0.4, 0.5) is 0 Å². The second-order valence-electron chi connectivity index (χ2n) is 4.50. The predicted octanol–water partition coefficient (Wildman–Crippen LogP) is 4.33. The number of methoxy groups -OCH3 is 1. The molecule has 0 fully saturated rings. The van der Waals surface area contributed by atoms with Gasteiger partial charge in [-0.1, -0.05) is 29.8 Å². The zero-order valence-corrected chi connectivity index (χ0v) is 14.5. The highest BCUT2D eigenvalue weighted by molar-refractivity contribution is 9.10. The molecule has 0 atom stereocenters. The molecule has 0 aliphatic heterocycles. The highest BCUT2D eigenvalue weighted by atomic mass is 79.9. The van der Waals surface area contributed by atoms with Crippen LogP contribution in [0, 0.1) is 0 Å². The second kappa shape index (κ2) is 8.53. The van der Waals surface area contributed by atoms with Crippen molar-refractivity contribution >= 4 is 33.4 Å². The number of benzene rings is 1. The lowest BCUT2D eigenvalue weighted by Crippen LogP contribution is -2.41. The summed E-state index contributed by atoms with van der Waals surface area (Å²) >= 11 is 9.24. The van der Waals surface area contributed by atoms with Crippen molar-refractivity contribution in [2.75, 3.05) is 19.5 Å². The van der Waals surface area contributed by atoms with Gasteiger partial charge < -0.3 is 9.64 Å². The minimum Gasteiger partial charge on any atom is -0.496 e. The first-order valence-electron chi connectivity index (χ1n) is 6.79. The molecule has 0 heterocycles. The van der Waals surface area contributed by atoms with E-state index in [0.29, 0.717) is 23.7 Å². The van der Waals surface area contributed by atoms with Gasteiger partial charge in [0.05, 0.1) is 12.7 Å². The fourth-order valence-corrected chi connectivity index (χ4v) is 2.79. The third kappa shape index (κ3) is 4.13. The number of ether oxygens (including phenoxy) is 1. The first-order chi connectivity index (χ1) is 9.58. The average Bonchev–Trinajstić information content (AvgIpc) is 2.46. The van der Waals surface area contributed by atoms with E-state index in [1.165, 1.54) is 0 Å². The van der Waals surface area contributed by atoms with E-state index in [1.54, 1.807) is 19.2 Å². The van der Waals surface area contributed by atoms with Crippen molar-refractivity contribution in [3.8, 4) is 5.75 Å². The van der Waals surface area contributed by atoms with Crippen LogP contribution >= 0.6 is 27.5 Å². The molecule has 0 bridgehead atoms. The molecule has 0 saturated heterocycles. The van der Waals surface area contributed by atoms with Crippen molar-refractivity contribution in [1.82, 2.24) is 4.90 Å². The summed E-state index contributed by atoms with van der Waals surface area (Å²) in [5.74, 6) is 0.986. The van der Waals surface area contributed by atoms with Gasteiger partial charge in [-0.15, -0.1) is 11.6 Å². The molecule has 0 aliphatic rings. The van der Waals surface area contributed by atoms with Crippen molar-refractivity contribution in [3.63, 3.8) is 0 Å². The van der Waals surface area contributed by atoms with Crippen molar-refractivity contribution in [2.24, 2.45) is 0 Å². The minimum absolute atomic E-state index is 0.0244. The van der Waals surface area contributed by atoms with Gasteiger partial charge in [-0.05, 0) is 31.0 Å². The molecule has 0 N–H and O–H groups in total. The lowest BCUT2D eigenvalue weighted by molar-refractivity contribution is 0.0678. The van der Waals surface area contributed by atoms with Gasteiger partial charge in [-0.2, -0.15) is 0 Å². The first kappa shape index (κ1) is 17.3. The Labute approximate surface area is 134 Å². The molecule has 112 valence electrons. The molecule has 0 saturated carbocycles. The molecule has 1 aromatic carbocycles. The zero-order chi connectivity index (χ0) is 15.1. The van der Waals surface area contributed by atoms with Crippen molar-refractivity contribution in [1.29, 1.82) is 0 Å². The Morgan fingerprint density at radius 2 is 2.05 bits per heavy atom. The molecular weight excluding hydrogens is 342 g/mol. The summed E-state index contributed by atoms with van der Waals surface area (Å²) in [5.41, 5.74) is 0.577.